The number of hydrogen-bond acceptors (Lipinski definition) is 4. The van der Waals surface area contributed by atoms with Crippen molar-refractivity contribution in [1.82, 2.24) is 0 Å². The van der Waals surface area contributed by atoms with Crippen molar-refractivity contribution >= 4 is 52.5 Å². The molecule has 4 N–H and O–H groups in total. The maximum Gasteiger partial charge on any atom is 0.321 e. The van der Waals surface area contributed by atoms with E-state index in [0.717, 1.165) is 11.8 Å². The second-order valence-corrected chi connectivity index (χ2v) is 5.42. The molecule has 1 aromatic carbocycles. The van der Waals surface area contributed by atoms with Crippen molar-refractivity contribution in [3.8, 4) is 0 Å². The van der Waals surface area contributed by atoms with Crippen molar-refractivity contribution in [3.05, 3.63) is 28.2 Å². The van der Waals surface area contributed by atoms with Crippen molar-refractivity contribution in [2.24, 2.45) is 5.73 Å². The van der Waals surface area contributed by atoms with Crippen LogP contribution in [0, 0.1) is 0 Å². The van der Waals surface area contributed by atoms with Crippen LogP contribution in [-0.2, 0) is 9.59 Å². The molecule has 1 unspecified atom stereocenters. The van der Waals surface area contributed by atoms with Crippen molar-refractivity contribution in [3.63, 3.8) is 0 Å². The summed E-state index contributed by atoms with van der Waals surface area (Å²) in [4.78, 5) is 22.1. The molecule has 1 atom stereocenters. The Hall–Kier alpha value is -0.950. The smallest absolute Gasteiger partial charge is 0.321 e. The van der Waals surface area contributed by atoms with E-state index in [2.05, 4.69) is 5.32 Å². The van der Waals surface area contributed by atoms with Crippen molar-refractivity contribution < 1.29 is 14.7 Å². The molecule has 104 valence electrons. The highest BCUT2D eigenvalue weighted by Crippen LogP contribution is 2.29. The molecule has 0 heterocycles. The number of carboxylic acid groups (broad SMARTS) is 1. The van der Waals surface area contributed by atoms with Gasteiger partial charge in [-0.25, -0.2) is 0 Å². The Morgan fingerprint density at radius 1 is 1.42 bits per heavy atom. The van der Waals surface area contributed by atoms with Crippen LogP contribution in [0.5, 0.6) is 0 Å². The highest BCUT2D eigenvalue weighted by Gasteiger charge is 2.13. The topological polar surface area (TPSA) is 92.4 Å². The molecule has 5 nitrogen and oxygen atoms in total. The number of nitrogens with two attached hydrogens (primary N) is 1. The summed E-state index contributed by atoms with van der Waals surface area (Å²) >= 11 is 12.9. The average Bonchev–Trinajstić information content (AvgIpc) is 2.34. The van der Waals surface area contributed by atoms with Crippen molar-refractivity contribution in [2.45, 2.75) is 6.04 Å². The van der Waals surface area contributed by atoms with E-state index in [4.69, 9.17) is 34.0 Å². The Bertz CT molecular complexity index is 485. The Balaban J connectivity index is 2.43. The maximum absolute atomic E-state index is 11.6. The molecule has 0 aliphatic heterocycles. The molecular formula is C11H12Cl2N2O3S. The van der Waals surface area contributed by atoms with E-state index in [1.165, 1.54) is 0 Å². The normalized spacial score (nSPS) is 11.9. The van der Waals surface area contributed by atoms with Gasteiger partial charge in [-0.05, 0) is 12.1 Å². The number of carbonyl (C=O) groups excluding carboxylic acids is 1. The zero-order valence-electron chi connectivity index (χ0n) is 9.73. The number of nitrogens with one attached hydrogen (secondary N) is 1. The van der Waals surface area contributed by atoms with Gasteiger partial charge in [-0.1, -0.05) is 29.3 Å². The zero-order chi connectivity index (χ0) is 14.4. The fraction of sp³-hybridized carbons (Fsp3) is 0.273. The molecule has 8 heteroatoms. The molecular weight excluding hydrogens is 311 g/mol. The van der Waals surface area contributed by atoms with Crippen LogP contribution in [0.15, 0.2) is 18.2 Å². The third-order valence-electron chi connectivity index (χ3n) is 2.07. The molecule has 19 heavy (non-hydrogen) atoms. The summed E-state index contributed by atoms with van der Waals surface area (Å²) in [7, 11) is 0. The molecule has 1 aromatic rings. The summed E-state index contributed by atoms with van der Waals surface area (Å²) < 4.78 is 0. The summed E-state index contributed by atoms with van der Waals surface area (Å²) in [6.07, 6.45) is 0. The van der Waals surface area contributed by atoms with Gasteiger partial charge in [0.25, 0.3) is 0 Å². The predicted molar refractivity (Wildman–Crippen MR) is 78.0 cm³/mol. The first-order valence-corrected chi connectivity index (χ1v) is 7.13. The minimum absolute atomic E-state index is 0.0871. The third-order valence-corrected chi connectivity index (χ3v) is 3.95. The fourth-order valence-corrected chi connectivity index (χ4v) is 2.26. The van der Waals surface area contributed by atoms with Gasteiger partial charge in [-0.3, -0.25) is 9.59 Å². The minimum atomic E-state index is -1.09. The van der Waals surface area contributed by atoms with Gasteiger partial charge in [-0.2, -0.15) is 0 Å². The highest BCUT2D eigenvalue weighted by atomic mass is 35.5. The lowest BCUT2D eigenvalue weighted by Gasteiger charge is -2.09. The molecule has 0 spiro atoms. The molecule has 0 saturated carbocycles. The third kappa shape index (κ3) is 5.28. The van der Waals surface area contributed by atoms with E-state index >= 15 is 0 Å². The van der Waals surface area contributed by atoms with Gasteiger partial charge >= 0.3 is 5.97 Å². The van der Waals surface area contributed by atoms with Crippen LogP contribution >= 0.6 is 35.0 Å². The van der Waals surface area contributed by atoms with Crippen molar-refractivity contribution in [2.75, 3.05) is 16.8 Å². The molecule has 0 saturated heterocycles. The number of thioether (sulfide) groups is 1. The quantitative estimate of drug-likeness (QED) is 0.745. The van der Waals surface area contributed by atoms with E-state index in [-0.39, 0.29) is 22.4 Å². The number of benzene rings is 1. The predicted octanol–water partition coefficient (Wildman–Crippen LogP) is 2.08. The number of halogens is 2. The molecule has 0 aromatic heterocycles. The highest BCUT2D eigenvalue weighted by molar-refractivity contribution is 8.00. The number of aliphatic carboxylic acids is 1. The largest absolute Gasteiger partial charge is 0.480 e. The lowest BCUT2D eigenvalue weighted by Crippen LogP contribution is -2.33. The van der Waals surface area contributed by atoms with Crippen LogP contribution in [0.25, 0.3) is 0 Å². The van der Waals surface area contributed by atoms with Crippen LogP contribution < -0.4 is 11.1 Å². The van der Waals surface area contributed by atoms with E-state index in [9.17, 15) is 9.59 Å². The molecule has 0 aliphatic carbocycles. The number of amides is 1. The Kier molecular flexibility index (Phi) is 6.44. The second-order valence-electron chi connectivity index (χ2n) is 3.61. The molecule has 1 amide bonds. The van der Waals surface area contributed by atoms with Gasteiger partial charge in [-0.15, -0.1) is 11.8 Å². The Morgan fingerprint density at radius 3 is 2.74 bits per heavy atom. The number of carbonyl (C=O) groups is 2. The molecule has 0 radical (unpaired) electrons. The first-order chi connectivity index (χ1) is 8.91. The van der Waals surface area contributed by atoms with E-state index in [1.807, 2.05) is 0 Å². The first-order valence-electron chi connectivity index (χ1n) is 5.21. The van der Waals surface area contributed by atoms with Crippen LogP contribution in [0.3, 0.4) is 0 Å². The summed E-state index contributed by atoms with van der Waals surface area (Å²) in [5.41, 5.74) is 5.73. The molecule has 0 fully saturated rings. The first kappa shape index (κ1) is 16.1. The average molecular weight is 323 g/mol. The SMILES string of the molecule is NC(CSCC(=O)Nc1cccc(Cl)c1Cl)C(=O)O. The molecule has 0 aliphatic rings. The minimum Gasteiger partial charge on any atom is -0.480 e. The standard InChI is InChI=1S/C11H12Cl2N2O3S/c12-6-2-1-3-8(10(6)13)15-9(16)5-19-4-7(14)11(17)18/h1-3,7H,4-5,14H2,(H,15,16)(H,17,18). The van der Waals surface area contributed by atoms with Crippen LogP contribution in [0.2, 0.25) is 10.0 Å². The van der Waals surface area contributed by atoms with E-state index in [1.54, 1.807) is 18.2 Å². The summed E-state index contributed by atoms with van der Waals surface area (Å²) in [6.45, 7) is 0. The number of hydrogen-bond donors (Lipinski definition) is 3. The Morgan fingerprint density at radius 2 is 2.11 bits per heavy atom. The van der Waals surface area contributed by atoms with E-state index < -0.39 is 12.0 Å². The van der Waals surface area contributed by atoms with Gasteiger partial charge < -0.3 is 16.2 Å². The lowest BCUT2D eigenvalue weighted by molar-refractivity contribution is -0.137. The molecule has 0 bridgehead atoms. The van der Waals surface area contributed by atoms with E-state index in [0.29, 0.717) is 10.7 Å². The summed E-state index contributed by atoms with van der Waals surface area (Å²) in [5, 5.41) is 11.8. The second kappa shape index (κ2) is 7.59. The zero-order valence-corrected chi connectivity index (χ0v) is 12.1. The van der Waals surface area contributed by atoms with Crippen molar-refractivity contribution in [1.29, 1.82) is 0 Å². The lowest BCUT2D eigenvalue weighted by atomic mass is 10.3. The Labute approximate surface area is 124 Å². The van der Waals surface area contributed by atoms with Crippen LogP contribution in [-0.4, -0.2) is 34.5 Å². The monoisotopic (exact) mass is 322 g/mol. The van der Waals surface area contributed by atoms with Gasteiger partial charge in [0, 0.05) is 5.75 Å². The summed E-state index contributed by atoms with van der Waals surface area (Å²) in [6, 6.07) is 3.92. The fourth-order valence-electron chi connectivity index (χ4n) is 1.14. The van der Waals surface area contributed by atoms with Gasteiger partial charge in [0.15, 0.2) is 0 Å². The van der Waals surface area contributed by atoms with Gasteiger partial charge in [0.05, 0.1) is 21.5 Å². The summed E-state index contributed by atoms with van der Waals surface area (Å²) in [5.74, 6) is -1.15. The number of carboxylic acids is 1. The van der Waals surface area contributed by atoms with Crippen LogP contribution in [0.1, 0.15) is 0 Å². The van der Waals surface area contributed by atoms with Gasteiger partial charge in [0.1, 0.15) is 6.04 Å². The molecule has 1 rings (SSSR count). The maximum atomic E-state index is 11.6. The number of rotatable bonds is 6. The number of anilines is 1. The van der Waals surface area contributed by atoms with Gasteiger partial charge in [0.2, 0.25) is 5.91 Å². The van der Waals surface area contributed by atoms with Crippen LogP contribution in [0.4, 0.5) is 5.69 Å².